The number of hydrogen-bond donors (Lipinski definition) is 0. The van der Waals surface area contributed by atoms with Gasteiger partial charge in [-0.3, -0.25) is 4.79 Å². The second-order valence-electron chi connectivity index (χ2n) is 9.01. The molecule has 6 rings (SSSR count). The maximum absolute atomic E-state index is 12.3. The molecule has 146 valence electrons. The summed E-state index contributed by atoms with van der Waals surface area (Å²) in [6, 6.07) is 13.7. The molecular formula is C26H24BrNO. The molecule has 0 bridgehead atoms. The molecule has 2 aromatic carbocycles. The number of rotatable bonds is 2. The highest BCUT2D eigenvalue weighted by Gasteiger charge is 2.47. The van der Waals surface area contributed by atoms with Crippen LogP contribution in [-0.4, -0.2) is 12.3 Å². The molecular weight excluding hydrogens is 422 g/mol. The Balaban J connectivity index is 1.59. The summed E-state index contributed by atoms with van der Waals surface area (Å²) < 4.78 is 1.13. The van der Waals surface area contributed by atoms with Crippen LogP contribution in [0, 0.1) is 11.8 Å². The van der Waals surface area contributed by atoms with Gasteiger partial charge in [-0.1, -0.05) is 52.4 Å². The Bertz CT molecular complexity index is 1050. The predicted octanol–water partition coefficient (Wildman–Crippen LogP) is 6.55. The van der Waals surface area contributed by atoms with E-state index in [9.17, 15) is 4.79 Å². The molecule has 3 heteroatoms. The fourth-order valence-corrected chi connectivity index (χ4v) is 6.48. The fraction of sp³-hybridized carbons (Fsp3) is 0.346. The Kier molecular flexibility index (Phi) is 3.93. The van der Waals surface area contributed by atoms with Crippen molar-refractivity contribution in [3.8, 4) is 0 Å². The third-order valence-electron chi connectivity index (χ3n) is 7.47. The highest BCUT2D eigenvalue weighted by atomic mass is 79.9. The van der Waals surface area contributed by atoms with Gasteiger partial charge < -0.3 is 4.90 Å². The van der Waals surface area contributed by atoms with Crippen molar-refractivity contribution >= 4 is 27.4 Å². The van der Waals surface area contributed by atoms with Crippen LogP contribution in [0.2, 0.25) is 0 Å². The van der Waals surface area contributed by atoms with Crippen molar-refractivity contribution in [1.29, 1.82) is 0 Å². The Morgan fingerprint density at radius 3 is 2.45 bits per heavy atom. The number of halogens is 1. The standard InChI is InChI=1S/C26H24BrNO/c1-15(29)18-12-23-20-5-2-4-17(20)14-28-25(16-8-10-19(27)11-9-16)22-7-3-6-21(22)24(13-18)26(23)28/h2-3,5-6,8-13,17,20-22,25H,4,7,14H2,1H3/t17-,20+,21-,22+,25+/m1/s1. The topological polar surface area (TPSA) is 20.3 Å². The number of carbonyl (C=O) groups excluding carboxylic acids is 1. The number of allylic oxidation sites excluding steroid dienone is 4. The lowest BCUT2D eigenvalue weighted by Crippen LogP contribution is -2.46. The van der Waals surface area contributed by atoms with Gasteiger partial charge in [-0.15, -0.1) is 0 Å². The van der Waals surface area contributed by atoms with Crippen LogP contribution in [0.4, 0.5) is 5.69 Å². The second kappa shape index (κ2) is 6.43. The number of ketones is 1. The van der Waals surface area contributed by atoms with E-state index in [4.69, 9.17) is 0 Å². The van der Waals surface area contributed by atoms with Crippen molar-refractivity contribution in [1.82, 2.24) is 0 Å². The first-order valence-corrected chi connectivity index (χ1v) is 11.5. The van der Waals surface area contributed by atoms with Gasteiger partial charge in [0, 0.05) is 34.1 Å². The lowest BCUT2D eigenvalue weighted by molar-refractivity contribution is 0.101. The normalized spacial score (nSPS) is 30.8. The largest absolute Gasteiger partial charge is 0.363 e. The van der Waals surface area contributed by atoms with Gasteiger partial charge in [-0.2, -0.15) is 0 Å². The van der Waals surface area contributed by atoms with Crippen LogP contribution in [0.5, 0.6) is 0 Å². The molecule has 5 atom stereocenters. The molecule has 2 heterocycles. The van der Waals surface area contributed by atoms with Crippen LogP contribution in [0.25, 0.3) is 0 Å². The van der Waals surface area contributed by atoms with E-state index >= 15 is 0 Å². The molecule has 0 N–H and O–H groups in total. The minimum Gasteiger partial charge on any atom is -0.363 e. The van der Waals surface area contributed by atoms with E-state index in [-0.39, 0.29) is 5.78 Å². The molecule has 0 radical (unpaired) electrons. The Morgan fingerprint density at radius 2 is 1.69 bits per heavy atom. The molecule has 0 unspecified atom stereocenters. The second-order valence-corrected chi connectivity index (χ2v) is 9.93. The molecule has 2 aliphatic carbocycles. The van der Waals surface area contributed by atoms with Crippen LogP contribution in [-0.2, 0) is 0 Å². The number of Topliss-reactive ketones (excluding diaryl/α,β-unsaturated/α-hetero) is 1. The van der Waals surface area contributed by atoms with Gasteiger partial charge in [0.2, 0.25) is 0 Å². The average molecular weight is 446 g/mol. The van der Waals surface area contributed by atoms with Crippen molar-refractivity contribution in [2.75, 3.05) is 11.4 Å². The predicted molar refractivity (Wildman–Crippen MR) is 121 cm³/mol. The molecule has 29 heavy (non-hydrogen) atoms. The Labute approximate surface area is 180 Å². The first-order chi connectivity index (χ1) is 14.1. The van der Waals surface area contributed by atoms with Gasteiger partial charge in [0.15, 0.2) is 5.78 Å². The van der Waals surface area contributed by atoms with Crippen LogP contribution in [0.1, 0.15) is 64.7 Å². The summed E-state index contributed by atoms with van der Waals surface area (Å²) >= 11 is 3.60. The van der Waals surface area contributed by atoms with Gasteiger partial charge in [-0.05, 0) is 72.6 Å². The van der Waals surface area contributed by atoms with Crippen LogP contribution < -0.4 is 4.90 Å². The van der Waals surface area contributed by atoms with Gasteiger partial charge >= 0.3 is 0 Å². The highest BCUT2D eigenvalue weighted by molar-refractivity contribution is 9.10. The van der Waals surface area contributed by atoms with Crippen LogP contribution in [0.3, 0.4) is 0 Å². The Morgan fingerprint density at radius 1 is 1.00 bits per heavy atom. The molecule has 2 aromatic rings. The lowest BCUT2D eigenvalue weighted by Gasteiger charge is -2.51. The first kappa shape index (κ1) is 17.7. The van der Waals surface area contributed by atoms with Crippen molar-refractivity contribution in [2.24, 2.45) is 11.8 Å². The summed E-state index contributed by atoms with van der Waals surface area (Å²) in [6.07, 6.45) is 11.7. The number of carbonyl (C=O) groups is 1. The quantitative estimate of drug-likeness (QED) is 0.385. The third kappa shape index (κ3) is 2.56. The molecule has 2 aliphatic heterocycles. The summed E-state index contributed by atoms with van der Waals surface area (Å²) in [5.74, 6) is 2.17. The van der Waals surface area contributed by atoms with E-state index in [1.165, 1.54) is 22.4 Å². The molecule has 4 aliphatic rings. The lowest BCUT2D eigenvalue weighted by atomic mass is 9.70. The molecule has 0 fully saturated rings. The summed E-state index contributed by atoms with van der Waals surface area (Å²) in [6.45, 7) is 2.80. The molecule has 0 amide bonds. The minimum atomic E-state index is 0.174. The number of nitrogens with zero attached hydrogens (tertiary/aromatic N) is 1. The maximum Gasteiger partial charge on any atom is 0.159 e. The fourth-order valence-electron chi connectivity index (χ4n) is 6.22. The zero-order valence-electron chi connectivity index (χ0n) is 16.5. The number of hydrogen-bond acceptors (Lipinski definition) is 2. The average Bonchev–Trinajstić information content (AvgIpc) is 3.38. The maximum atomic E-state index is 12.3. The Hall–Kier alpha value is -2.13. The van der Waals surface area contributed by atoms with Gasteiger partial charge in [0.25, 0.3) is 0 Å². The SMILES string of the molecule is CC(=O)c1cc2c3c(c1)[C@@H]1C=CC[C@@H]1[C@H](c1ccc(Br)cc1)N3C[C@H]1CC=C[C@H]21. The van der Waals surface area contributed by atoms with E-state index in [0.29, 0.717) is 29.7 Å². The smallest absolute Gasteiger partial charge is 0.159 e. The van der Waals surface area contributed by atoms with Crippen molar-refractivity contribution in [3.63, 3.8) is 0 Å². The van der Waals surface area contributed by atoms with E-state index in [0.717, 1.165) is 29.4 Å². The zero-order valence-corrected chi connectivity index (χ0v) is 18.1. The monoisotopic (exact) mass is 445 g/mol. The third-order valence-corrected chi connectivity index (χ3v) is 8.00. The molecule has 0 spiro atoms. The zero-order chi connectivity index (χ0) is 19.7. The van der Waals surface area contributed by atoms with Crippen LogP contribution in [0.15, 0.2) is 65.2 Å². The minimum absolute atomic E-state index is 0.174. The van der Waals surface area contributed by atoms with E-state index in [1.807, 2.05) is 0 Å². The summed E-state index contributed by atoms with van der Waals surface area (Å²) in [4.78, 5) is 15.0. The van der Waals surface area contributed by atoms with E-state index in [1.54, 1.807) is 6.92 Å². The van der Waals surface area contributed by atoms with Crippen LogP contribution >= 0.6 is 15.9 Å². The van der Waals surface area contributed by atoms with Crippen molar-refractivity contribution < 1.29 is 4.79 Å². The van der Waals surface area contributed by atoms with Crippen molar-refractivity contribution in [3.05, 3.63) is 87.4 Å². The summed E-state index contributed by atoms with van der Waals surface area (Å²) in [5.41, 5.74) is 6.44. The molecule has 2 nitrogen and oxygen atoms in total. The first-order valence-electron chi connectivity index (χ1n) is 10.7. The number of anilines is 1. The van der Waals surface area contributed by atoms with Crippen molar-refractivity contribution in [2.45, 2.75) is 37.6 Å². The summed E-state index contributed by atoms with van der Waals surface area (Å²) in [5, 5.41) is 0. The van der Waals surface area contributed by atoms with Gasteiger partial charge in [0.1, 0.15) is 0 Å². The molecule has 0 saturated carbocycles. The molecule has 0 saturated heterocycles. The number of benzene rings is 2. The van der Waals surface area contributed by atoms with Gasteiger partial charge in [0.05, 0.1) is 6.04 Å². The molecule has 0 aromatic heterocycles. The highest BCUT2D eigenvalue weighted by Crippen LogP contribution is 2.58. The van der Waals surface area contributed by atoms with E-state index < -0.39 is 0 Å². The number of fused-ring (bicyclic) bond motifs is 4. The van der Waals surface area contributed by atoms with E-state index in [2.05, 4.69) is 81.5 Å². The summed E-state index contributed by atoms with van der Waals surface area (Å²) in [7, 11) is 0. The van der Waals surface area contributed by atoms with Gasteiger partial charge in [-0.25, -0.2) is 0 Å².